The van der Waals surface area contributed by atoms with Gasteiger partial charge in [0.2, 0.25) is 5.91 Å². The van der Waals surface area contributed by atoms with Crippen LogP contribution in [0.25, 0.3) is 11.7 Å². The molecule has 122 valence electrons. The highest BCUT2D eigenvalue weighted by molar-refractivity contribution is 5.80. The standard InChI is InChI=1S/C14H17N5O4/c15-14(21)19-5-1-3-9(8-19)12(20)16-7-11-17-13(23-18-11)10-4-2-6-22-10/h2,4,6,9H,1,3,5,7-8H2,(H2,15,21)(H,16,20)/t9-/m1/s1. The van der Waals surface area contributed by atoms with Crippen molar-refractivity contribution in [2.45, 2.75) is 19.4 Å². The summed E-state index contributed by atoms with van der Waals surface area (Å²) in [5, 5.41) is 6.54. The fourth-order valence-corrected chi connectivity index (χ4v) is 2.53. The summed E-state index contributed by atoms with van der Waals surface area (Å²) in [5.41, 5.74) is 5.26. The van der Waals surface area contributed by atoms with Crippen LogP contribution in [0.15, 0.2) is 27.3 Å². The van der Waals surface area contributed by atoms with Crippen LogP contribution >= 0.6 is 0 Å². The molecule has 1 saturated heterocycles. The first kappa shape index (κ1) is 15.1. The number of nitrogens with one attached hydrogen (secondary N) is 1. The third kappa shape index (κ3) is 3.50. The molecule has 1 atom stereocenters. The molecular weight excluding hydrogens is 302 g/mol. The number of nitrogens with zero attached hydrogens (tertiary/aromatic N) is 3. The minimum absolute atomic E-state index is 0.149. The van der Waals surface area contributed by atoms with Crippen LogP contribution in [0.4, 0.5) is 4.79 Å². The summed E-state index contributed by atoms with van der Waals surface area (Å²) < 4.78 is 10.2. The molecule has 3 amide bonds. The lowest BCUT2D eigenvalue weighted by molar-refractivity contribution is -0.126. The Hall–Kier alpha value is -2.84. The normalized spacial score (nSPS) is 17.9. The third-order valence-electron chi connectivity index (χ3n) is 3.72. The van der Waals surface area contributed by atoms with Crippen molar-refractivity contribution in [3.63, 3.8) is 0 Å². The Morgan fingerprint density at radius 2 is 2.35 bits per heavy atom. The molecule has 0 aromatic carbocycles. The van der Waals surface area contributed by atoms with E-state index in [2.05, 4.69) is 15.5 Å². The minimum Gasteiger partial charge on any atom is -0.459 e. The van der Waals surface area contributed by atoms with Crippen molar-refractivity contribution in [3.05, 3.63) is 24.2 Å². The monoisotopic (exact) mass is 319 g/mol. The summed E-state index contributed by atoms with van der Waals surface area (Å²) in [7, 11) is 0. The van der Waals surface area contributed by atoms with Crippen LogP contribution in [0, 0.1) is 5.92 Å². The third-order valence-corrected chi connectivity index (χ3v) is 3.72. The summed E-state index contributed by atoms with van der Waals surface area (Å²) >= 11 is 0. The minimum atomic E-state index is -0.497. The molecule has 0 bridgehead atoms. The number of rotatable bonds is 4. The van der Waals surface area contributed by atoms with Crippen LogP contribution in [0.1, 0.15) is 18.7 Å². The van der Waals surface area contributed by atoms with Gasteiger partial charge in [-0.1, -0.05) is 5.16 Å². The lowest BCUT2D eigenvalue weighted by atomic mass is 9.97. The number of carbonyl (C=O) groups excluding carboxylic acids is 2. The number of piperidine rings is 1. The van der Waals surface area contributed by atoms with Gasteiger partial charge in [-0.3, -0.25) is 4.79 Å². The molecule has 3 N–H and O–H groups in total. The van der Waals surface area contributed by atoms with E-state index < -0.39 is 6.03 Å². The molecule has 0 saturated carbocycles. The number of urea groups is 1. The average molecular weight is 319 g/mol. The van der Waals surface area contributed by atoms with Crippen molar-refractivity contribution < 1.29 is 18.5 Å². The average Bonchev–Trinajstić information content (AvgIpc) is 3.23. The van der Waals surface area contributed by atoms with E-state index >= 15 is 0 Å². The lowest BCUT2D eigenvalue weighted by Gasteiger charge is -2.30. The molecule has 9 nitrogen and oxygen atoms in total. The molecule has 0 unspecified atom stereocenters. The van der Waals surface area contributed by atoms with E-state index in [4.69, 9.17) is 14.7 Å². The number of carbonyl (C=O) groups is 2. The van der Waals surface area contributed by atoms with E-state index in [0.29, 0.717) is 24.7 Å². The maximum absolute atomic E-state index is 12.2. The Balaban J connectivity index is 1.54. The Kier molecular flexibility index (Phi) is 4.26. The van der Waals surface area contributed by atoms with Gasteiger partial charge in [-0.25, -0.2) is 4.79 Å². The molecule has 2 aromatic heterocycles. The van der Waals surface area contributed by atoms with Crippen molar-refractivity contribution in [2.24, 2.45) is 11.7 Å². The number of nitrogens with two attached hydrogens (primary N) is 1. The molecule has 1 aliphatic rings. The van der Waals surface area contributed by atoms with Gasteiger partial charge in [0.25, 0.3) is 5.89 Å². The van der Waals surface area contributed by atoms with Gasteiger partial charge in [0.05, 0.1) is 18.7 Å². The fourth-order valence-electron chi connectivity index (χ4n) is 2.53. The highest BCUT2D eigenvalue weighted by atomic mass is 16.5. The summed E-state index contributed by atoms with van der Waals surface area (Å²) in [4.78, 5) is 29.0. The number of aromatic nitrogens is 2. The second-order valence-corrected chi connectivity index (χ2v) is 5.33. The molecule has 3 rings (SSSR count). The van der Waals surface area contributed by atoms with Gasteiger partial charge >= 0.3 is 6.03 Å². The van der Waals surface area contributed by atoms with Crippen molar-refractivity contribution in [2.75, 3.05) is 13.1 Å². The summed E-state index contributed by atoms with van der Waals surface area (Å²) in [6, 6.07) is 2.92. The number of hydrogen-bond acceptors (Lipinski definition) is 6. The summed E-state index contributed by atoms with van der Waals surface area (Å²) in [6.07, 6.45) is 2.99. The van der Waals surface area contributed by atoms with E-state index in [1.54, 1.807) is 12.1 Å². The summed E-state index contributed by atoms with van der Waals surface area (Å²) in [6.45, 7) is 1.08. The highest BCUT2D eigenvalue weighted by Crippen LogP contribution is 2.18. The SMILES string of the molecule is NC(=O)N1CCC[C@@H](C(=O)NCc2noc(-c3ccco3)n2)C1. The number of furan rings is 1. The second kappa shape index (κ2) is 6.51. The van der Waals surface area contributed by atoms with Gasteiger partial charge in [-0.05, 0) is 25.0 Å². The molecule has 1 aliphatic heterocycles. The molecular formula is C14H17N5O4. The first-order valence-electron chi connectivity index (χ1n) is 7.32. The van der Waals surface area contributed by atoms with E-state index in [1.807, 2.05) is 0 Å². The largest absolute Gasteiger partial charge is 0.459 e. The molecule has 3 heterocycles. The molecule has 2 aromatic rings. The zero-order valence-corrected chi connectivity index (χ0v) is 12.4. The van der Waals surface area contributed by atoms with E-state index in [9.17, 15) is 9.59 Å². The summed E-state index contributed by atoms with van der Waals surface area (Å²) in [5.74, 6) is 0.664. The van der Waals surface area contributed by atoms with Gasteiger partial charge in [0.15, 0.2) is 11.6 Å². The Labute approximate surface area is 131 Å². The van der Waals surface area contributed by atoms with Gasteiger partial charge in [-0.15, -0.1) is 0 Å². The first-order valence-corrected chi connectivity index (χ1v) is 7.32. The quantitative estimate of drug-likeness (QED) is 0.855. The molecule has 0 spiro atoms. The maximum atomic E-state index is 12.2. The topological polar surface area (TPSA) is 127 Å². The van der Waals surface area contributed by atoms with Crippen molar-refractivity contribution in [1.29, 1.82) is 0 Å². The Bertz CT molecular complexity index is 681. The van der Waals surface area contributed by atoms with Crippen molar-refractivity contribution in [1.82, 2.24) is 20.4 Å². The first-order chi connectivity index (χ1) is 11.1. The van der Waals surface area contributed by atoms with Gasteiger partial charge in [0, 0.05) is 13.1 Å². The number of hydrogen-bond donors (Lipinski definition) is 2. The molecule has 1 fully saturated rings. The van der Waals surface area contributed by atoms with Crippen LogP contribution in [0.2, 0.25) is 0 Å². The molecule has 0 radical (unpaired) electrons. The predicted octanol–water partition coefficient (Wildman–Crippen LogP) is 0.736. The van der Waals surface area contributed by atoms with E-state index in [-0.39, 0.29) is 24.3 Å². The van der Waals surface area contributed by atoms with E-state index in [1.165, 1.54) is 11.2 Å². The van der Waals surface area contributed by atoms with Crippen LogP contribution in [-0.4, -0.2) is 40.1 Å². The van der Waals surface area contributed by atoms with Crippen LogP contribution in [0.5, 0.6) is 0 Å². The molecule has 0 aliphatic carbocycles. The van der Waals surface area contributed by atoms with Crippen molar-refractivity contribution in [3.8, 4) is 11.7 Å². The van der Waals surface area contributed by atoms with Gasteiger partial charge in [-0.2, -0.15) is 4.98 Å². The highest BCUT2D eigenvalue weighted by Gasteiger charge is 2.27. The predicted molar refractivity (Wildman–Crippen MR) is 77.7 cm³/mol. The van der Waals surface area contributed by atoms with Gasteiger partial charge < -0.3 is 24.9 Å². The Morgan fingerprint density at radius 3 is 3.09 bits per heavy atom. The number of likely N-dealkylation sites (tertiary alicyclic amines) is 1. The van der Waals surface area contributed by atoms with Crippen LogP contribution in [0.3, 0.4) is 0 Å². The lowest BCUT2D eigenvalue weighted by Crippen LogP contribution is -2.47. The number of primary amides is 1. The van der Waals surface area contributed by atoms with Crippen LogP contribution in [-0.2, 0) is 11.3 Å². The zero-order chi connectivity index (χ0) is 16.2. The maximum Gasteiger partial charge on any atom is 0.314 e. The second-order valence-electron chi connectivity index (χ2n) is 5.33. The van der Waals surface area contributed by atoms with Gasteiger partial charge in [0.1, 0.15) is 0 Å². The zero-order valence-electron chi connectivity index (χ0n) is 12.4. The van der Waals surface area contributed by atoms with Crippen molar-refractivity contribution >= 4 is 11.9 Å². The van der Waals surface area contributed by atoms with Crippen LogP contribution < -0.4 is 11.1 Å². The Morgan fingerprint density at radius 1 is 1.48 bits per heavy atom. The fraction of sp³-hybridized carbons (Fsp3) is 0.429. The smallest absolute Gasteiger partial charge is 0.314 e. The van der Waals surface area contributed by atoms with E-state index in [0.717, 1.165) is 12.8 Å². The molecule has 23 heavy (non-hydrogen) atoms. The number of amides is 3. The molecule has 9 heteroatoms.